The first-order chi connectivity index (χ1) is 6.79. The van der Waals surface area contributed by atoms with Gasteiger partial charge in [0.15, 0.2) is 3.57 Å². The lowest BCUT2D eigenvalue weighted by molar-refractivity contribution is -0.326. The maximum atomic E-state index is 2.18. The Labute approximate surface area is 98.1 Å². The first-order valence-corrected chi connectivity index (χ1v) is 5.77. The van der Waals surface area contributed by atoms with Gasteiger partial charge in [0, 0.05) is 5.56 Å². The van der Waals surface area contributed by atoms with Gasteiger partial charge in [0.1, 0.15) is 0 Å². The Hall–Kier alpha value is -0.830. The summed E-state index contributed by atoms with van der Waals surface area (Å²) in [7, 11) is 0. The molecule has 0 saturated heterocycles. The van der Waals surface area contributed by atoms with Gasteiger partial charge in [0.2, 0.25) is 0 Å². The largest absolute Gasteiger partial charge is 0.297 e. The summed E-state index contributed by atoms with van der Waals surface area (Å²) in [6, 6.07) is 17.0. The highest BCUT2D eigenvalue weighted by Crippen LogP contribution is 2.22. The molecule has 0 bridgehead atoms. The van der Waals surface area contributed by atoms with Crippen molar-refractivity contribution in [2.45, 2.75) is 6.92 Å². The summed E-state index contributed by atoms with van der Waals surface area (Å²) >= 11 is 2.08. The van der Waals surface area contributed by atoms with Crippen molar-refractivity contribution >= 4 is 0 Å². The average Bonchev–Trinajstić information content (AvgIpc) is 2.20. The van der Waals surface area contributed by atoms with E-state index >= 15 is 0 Å². The molecule has 0 fully saturated rings. The molecule has 1 heteroatoms. The van der Waals surface area contributed by atoms with E-state index in [2.05, 4.69) is 78.0 Å². The summed E-state index contributed by atoms with van der Waals surface area (Å²) < 4.78 is 1.35. The van der Waals surface area contributed by atoms with Crippen LogP contribution in [0.2, 0.25) is 0 Å². The predicted octanol–water partition coefficient (Wildman–Crippen LogP) is 0.117. The molecule has 0 aliphatic carbocycles. The second kappa shape index (κ2) is 4.13. The Balaban J connectivity index is 2.61. The fraction of sp³-hybridized carbons (Fsp3) is 0.0769. The highest BCUT2D eigenvalue weighted by Gasteiger charge is 2.08. The minimum atomic E-state index is 1.34. The van der Waals surface area contributed by atoms with Crippen LogP contribution in [0.3, 0.4) is 0 Å². The highest BCUT2D eigenvalue weighted by molar-refractivity contribution is 5.66. The van der Waals surface area contributed by atoms with Gasteiger partial charge in [-0.05, 0) is 30.2 Å². The summed E-state index contributed by atoms with van der Waals surface area (Å²) in [5.41, 5.74) is 4.02. The lowest BCUT2D eigenvalue weighted by Gasteiger charge is -2.04. The number of hydrogen-bond donors (Lipinski definition) is 0. The van der Waals surface area contributed by atoms with Crippen molar-refractivity contribution in [2.75, 3.05) is 0 Å². The van der Waals surface area contributed by atoms with Crippen LogP contribution in [0.15, 0.2) is 48.5 Å². The summed E-state index contributed by atoms with van der Waals surface area (Å²) in [5.74, 6) is 0. The Kier molecular flexibility index (Phi) is 2.87. The molecule has 0 radical (unpaired) electrons. The molecule has 0 saturated carbocycles. The van der Waals surface area contributed by atoms with E-state index in [9.17, 15) is 0 Å². The molecule has 0 N–H and O–H groups in total. The quantitative estimate of drug-likeness (QED) is 0.656. The van der Waals surface area contributed by atoms with Crippen LogP contribution in [-0.4, -0.2) is 0 Å². The molecule has 0 unspecified atom stereocenters. The van der Waals surface area contributed by atoms with E-state index in [4.69, 9.17) is 0 Å². The van der Waals surface area contributed by atoms with Gasteiger partial charge in [-0.15, -0.1) is 0 Å². The summed E-state index contributed by atoms with van der Waals surface area (Å²) in [5, 5.41) is 0. The number of aryl methyl sites for hydroxylation is 1. The van der Waals surface area contributed by atoms with Crippen molar-refractivity contribution in [3.05, 3.63) is 57.7 Å². The maximum absolute atomic E-state index is 2.18. The molecule has 0 aromatic heterocycles. The van der Waals surface area contributed by atoms with Crippen LogP contribution in [0.1, 0.15) is 5.56 Å². The number of hydrogen-bond acceptors (Lipinski definition) is 0. The van der Waals surface area contributed by atoms with Gasteiger partial charge in [-0.1, -0.05) is 36.4 Å². The van der Waals surface area contributed by atoms with Gasteiger partial charge in [0.05, 0.1) is 0 Å². The maximum Gasteiger partial charge on any atom is 0.297 e. The Bertz CT molecular complexity index is 403. The third-order valence-corrected chi connectivity index (χ3v) is 3.34. The van der Waals surface area contributed by atoms with E-state index in [1.807, 2.05) is 0 Å². The molecule has 2 aromatic rings. The fourth-order valence-corrected chi connectivity index (χ4v) is 2.30. The molecular weight excluding hydrogens is 283 g/mol. The summed E-state index contributed by atoms with van der Waals surface area (Å²) in [6.45, 7) is 2.16. The van der Waals surface area contributed by atoms with Crippen LogP contribution < -0.4 is 22.6 Å². The van der Waals surface area contributed by atoms with E-state index in [0.29, 0.717) is 0 Å². The van der Waals surface area contributed by atoms with Crippen molar-refractivity contribution in [2.24, 2.45) is 0 Å². The molecule has 0 aliphatic heterocycles. The third-order valence-electron chi connectivity index (χ3n) is 2.32. The molecule has 0 atom stereocenters. The monoisotopic (exact) mass is 295 g/mol. The summed E-state index contributed by atoms with van der Waals surface area (Å²) in [4.78, 5) is 0. The molecule has 0 nitrogen and oxygen atoms in total. The van der Waals surface area contributed by atoms with Crippen molar-refractivity contribution in [3.63, 3.8) is 0 Å². The molecule has 0 spiro atoms. The average molecular weight is 295 g/mol. The zero-order valence-corrected chi connectivity index (χ0v) is 10.4. The van der Waals surface area contributed by atoms with Crippen molar-refractivity contribution in [1.82, 2.24) is 0 Å². The van der Waals surface area contributed by atoms with Gasteiger partial charge in [-0.2, -0.15) is 0 Å². The van der Waals surface area contributed by atoms with Gasteiger partial charge in [-0.25, -0.2) is 0 Å². The van der Waals surface area contributed by atoms with Crippen LogP contribution in [0.5, 0.6) is 0 Å². The molecule has 0 aliphatic rings. The molecular formula is C13H12I+. The number of benzene rings is 2. The van der Waals surface area contributed by atoms with Crippen LogP contribution in [0.25, 0.3) is 11.1 Å². The van der Waals surface area contributed by atoms with Gasteiger partial charge >= 0.3 is 0 Å². The molecule has 70 valence electrons. The Morgan fingerprint density at radius 1 is 0.786 bits per heavy atom. The highest BCUT2D eigenvalue weighted by atomic mass is 127. The van der Waals surface area contributed by atoms with Crippen molar-refractivity contribution in [3.8, 4) is 11.1 Å². The summed E-state index contributed by atoms with van der Waals surface area (Å²) in [6.07, 6.45) is 0. The smallest absolute Gasteiger partial charge is 0.0620 e. The van der Waals surface area contributed by atoms with Gasteiger partial charge in [-0.3, -0.25) is 0 Å². The number of halogens is 1. The second-order valence-electron chi connectivity index (χ2n) is 3.31. The molecule has 0 amide bonds. The zero-order valence-electron chi connectivity index (χ0n) is 8.03. The Morgan fingerprint density at radius 3 is 2.00 bits per heavy atom. The van der Waals surface area contributed by atoms with Crippen molar-refractivity contribution < 1.29 is 22.6 Å². The Morgan fingerprint density at radius 2 is 1.36 bits per heavy atom. The molecule has 0 heterocycles. The molecule has 2 aromatic carbocycles. The SMILES string of the molecule is Cc1ccccc1-c1ccccc1[IH+]. The lowest BCUT2D eigenvalue weighted by Crippen LogP contribution is -3.34. The minimum absolute atomic E-state index is 1.34. The van der Waals surface area contributed by atoms with E-state index in [1.165, 1.54) is 20.3 Å². The van der Waals surface area contributed by atoms with Crippen molar-refractivity contribution in [1.29, 1.82) is 0 Å². The first kappa shape index (κ1) is 9.71. The molecule has 2 rings (SSSR count). The number of rotatable bonds is 1. The van der Waals surface area contributed by atoms with E-state index in [1.54, 1.807) is 0 Å². The van der Waals surface area contributed by atoms with E-state index in [0.717, 1.165) is 0 Å². The first-order valence-electron chi connectivity index (χ1n) is 4.61. The van der Waals surface area contributed by atoms with Crippen LogP contribution in [0.4, 0.5) is 0 Å². The van der Waals surface area contributed by atoms with Crippen LogP contribution in [0, 0.1) is 10.5 Å². The van der Waals surface area contributed by atoms with Crippen LogP contribution in [-0.2, 0) is 0 Å². The fourth-order valence-electron chi connectivity index (χ4n) is 1.56. The van der Waals surface area contributed by atoms with Gasteiger partial charge < -0.3 is 0 Å². The lowest BCUT2D eigenvalue weighted by atomic mass is 10.0. The van der Waals surface area contributed by atoms with Gasteiger partial charge in [0.25, 0.3) is 22.6 Å². The topological polar surface area (TPSA) is 0 Å². The zero-order chi connectivity index (χ0) is 9.97. The van der Waals surface area contributed by atoms with E-state index < -0.39 is 0 Å². The normalized spacial score (nSPS) is 10.1. The predicted molar refractivity (Wildman–Crippen MR) is 56.7 cm³/mol. The van der Waals surface area contributed by atoms with E-state index in [-0.39, 0.29) is 0 Å². The third kappa shape index (κ3) is 1.82. The molecule has 14 heavy (non-hydrogen) atoms. The second-order valence-corrected chi connectivity index (χ2v) is 4.57. The van der Waals surface area contributed by atoms with Crippen LogP contribution >= 0.6 is 0 Å². The standard InChI is InChI=1S/C13H12I/c1-10-6-2-3-7-11(10)12-8-4-5-9-13(12)14/h2-9,14H,1H3/q+1. The minimum Gasteiger partial charge on any atom is -0.0620 e.